The molecule has 5 rings (SSSR count). The van der Waals surface area contributed by atoms with Gasteiger partial charge in [-0.25, -0.2) is 8.99 Å². The van der Waals surface area contributed by atoms with Crippen molar-refractivity contribution in [2.24, 2.45) is 29.1 Å². The number of fused-ring (bicyclic) bond motifs is 1. The summed E-state index contributed by atoms with van der Waals surface area (Å²) in [7, 11) is -2.83. The third-order valence-electron chi connectivity index (χ3n) is 10.3. The highest BCUT2D eigenvalue weighted by Gasteiger charge is 2.52. The number of aliphatic hydroxyl groups is 2. The van der Waals surface area contributed by atoms with Crippen LogP contribution in [0.1, 0.15) is 78.1 Å². The molecule has 202 valence electrons. The largest absolute Gasteiger partial charge is 0.393 e. The zero-order valence-corrected chi connectivity index (χ0v) is 23.4. The van der Waals surface area contributed by atoms with Gasteiger partial charge in [0.25, 0.3) is 0 Å². The summed E-state index contributed by atoms with van der Waals surface area (Å²) in [5.74, 6) is 2.00. The molecule has 0 aliphatic heterocycles. The van der Waals surface area contributed by atoms with E-state index in [0.29, 0.717) is 41.4 Å². The number of hydrogen-bond acceptors (Lipinski definition) is 4. The van der Waals surface area contributed by atoms with Gasteiger partial charge < -0.3 is 10.2 Å². The van der Waals surface area contributed by atoms with E-state index in [1.165, 1.54) is 31.3 Å². The zero-order chi connectivity index (χ0) is 26.4. The summed E-state index contributed by atoms with van der Waals surface area (Å²) in [5.41, 5.74) is 3.47. The second-order valence-electron chi connectivity index (χ2n) is 12.7. The highest BCUT2D eigenvalue weighted by atomic mass is 32.2. The summed E-state index contributed by atoms with van der Waals surface area (Å²) in [6.45, 7) is 8.93. The van der Waals surface area contributed by atoms with Crippen molar-refractivity contribution in [1.29, 1.82) is 4.78 Å². The van der Waals surface area contributed by atoms with Gasteiger partial charge in [-0.1, -0.05) is 56.4 Å². The Bertz CT molecular complexity index is 1170. The lowest BCUT2D eigenvalue weighted by Crippen LogP contribution is -2.37. The maximum absolute atomic E-state index is 13.9. The number of nitrogens with one attached hydrogen (secondary N) is 1. The summed E-state index contributed by atoms with van der Waals surface area (Å²) in [4.78, 5) is 0.699. The van der Waals surface area contributed by atoms with Gasteiger partial charge in [0, 0.05) is 11.3 Å². The predicted octanol–water partition coefficient (Wildman–Crippen LogP) is 7.04. The number of benzene rings is 1. The minimum Gasteiger partial charge on any atom is -0.393 e. The van der Waals surface area contributed by atoms with E-state index in [1.807, 2.05) is 30.3 Å². The maximum atomic E-state index is 13.9. The molecule has 4 aliphatic carbocycles. The third kappa shape index (κ3) is 5.29. The minimum absolute atomic E-state index is 0.0499. The molecule has 1 aromatic carbocycles. The van der Waals surface area contributed by atoms with Crippen LogP contribution in [0.15, 0.2) is 70.7 Å². The van der Waals surface area contributed by atoms with Crippen LogP contribution >= 0.6 is 0 Å². The summed E-state index contributed by atoms with van der Waals surface area (Å²) >= 11 is 0. The van der Waals surface area contributed by atoms with Crippen molar-refractivity contribution in [2.75, 3.05) is 0 Å². The molecular formula is C32H45NO3S. The van der Waals surface area contributed by atoms with Gasteiger partial charge in [-0.05, 0) is 110 Å². The molecule has 1 aromatic rings. The fourth-order valence-corrected chi connectivity index (χ4v) is 10.4. The van der Waals surface area contributed by atoms with Gasteiger partial charge >= 0.3 is 0 Å². The fraction of sp³-hybridized carbons (Fsp3) is 0.625. The molecule has 0 aromatic heterocycles. The Hall–Kier alpha value is -1.69. The molecule has 5 heteroatoms. The number of rotatable bonds is 7. The molecule has 8 atom stereocenters. The molecular weight excluding hydrogens is 478 g/mol. The molecule has 0 spiro atoms. The van der Waals surface area contributed by atoms with E-state index in [4.69, 9.17) is 4.78 Å². The summed E-state index contributed by atoms with van der Waals surface area (Å²) < 4.78 is 22.8. The first-order chi connectivity index (χ1) is 17.6. The monoisotopic (exact) mass is 523 g/mol. The second kappa shape index (κ2) is 10.5. The van der Waals surface area contributed by atoms with Crippen molar-refractivity contribution in [3.63, 3.8) is 0 Å². The van der Waals surface area contributed by atoms with Gasteiger partial charge in [0.15, 0.2) is 0 Å². The van der Waals surface area contributed by atoms with Gasteiger partial charge in [0.05, 0.1) is 27.2 Å². The van der Waals surface area contributed by atoms with Gasteiger partial charge in [-0.2, -0.15) is 0 Å². The van der Waals surface area contributed by atoms with Gasteiger partial charge in [-0.15, -0.1) is 0 Å². The van der Waals surface area contributed by atoms with Crippen LogP contribution in [-0.4, -0.2) is 31.9 Å². The molecule has 4 fully saturated rings. The standard InChI is InChI=1S/C32H45NO3S/c1-21(18-31(24-12-13-24)37(33,36)27-9-5-4-6-10-27)28-15-16-29-23(8-7-17-32(28,29)3)11-14-25-19-26(34)20-30(35)22(25)2/h4-6,9-11,14,21,24,26,28-31,33-35H,2,7-8,12-13,15-20H2,1,3H3/b23-11+,25-14-/t21-,26-,28-,29+,30+,31?,32-,37+/m1/s1. The van der Waals surface area contributed by atoms with Crippen molar-refractivity contribution >= 4 is 9.73 Å². The maximum Gasteiger partial charge on any atom is 0.0811 e. The van der Waals surface area contributed by atoms with Crippen LogP contribution in [0.4, 0.5) is 0 Å². The minimum atomic E-state index is -2.83. The number of allylic oxidation sites excluding steroid dienone is 3. The van der Waals surface area contributed by atoms with E-state index in [2.05, 4.69) is 32.6 Å². The van der Waals surface area contributed by atoms with Crippen LogP contribution in [0.25, 0.3) is 0 Å². The van der Waals surface area contributed by atoms with E-state index in [1.54, 1.807) is 0 Å². The van der Waals surface area contributed by atoms with Gasteiger partial charge in [0.2, 0.25) is 0 Å². The first kappa shape index (κ1) is 26.9. The van der Waals surface area contributed by atoms with Crippen molar-refractivity contribution in [1.82, 2.24) is 0 Å². The van der Waals surface area contributed by atoms with Crippen LogP contribution in [-0.2, 0) is 9.73 Å². The SMILES string of the molecule is C=C1/C(=C\C=C2/CCC[C@]3(C)[C@@H]([C@H](C)CC(C4CC4)[S@@](=N)(=O)c4ccccc4)CC[C@@H]23)C[C@@H](O)C[C@@H]1O. The summed E-state index contributed by atoms with van der Waals surface area (Å²) in [6.07, 6.45) is 13.2. The second-order valence-corrected chi connectivity index (χ2v) is 14.9. The lowest BCUT2D eigenvalue weighted by Gasteiger charge is -2.45. The van der Waals surface area contributed by atoms with Crippen LogP contribution in [0.5, 0.6) is 0 Å². The van der Waals surface area contributed by atoms with Crippen molar-refractivity contribution < 1.29 is 14.4 Å². The van der Waals surface area contributed by atoms with E-state index in [-0.39, 0.29) is 10.7 Å². The lowest BCUT2D eigenvalue weighted by molar-refractivity contribution is 0.0861. The Morgan fingerprint density at radius 3 is 2.59 bits per heavy atom. The van der Waals surface area contributed by atoms with E-state index < -0.39 is 21.9 Å². The van der Waals surface area contributed by atoms with Crippen LogP contribution in [0.2, 0.25) is 0 Å². The number of hydrogen-bond donors (Lipinski definition) is 3. The molecule has 0 heterocycles. The van der Waals surface area contributed by atoms with Gasteiger partial charge in [0.1, 0.15) is 0 Å². The van der Waals surface area contributed by atoms with E-state index in [9.17, 15) is 14.4 Å². The zero-order valence-electron chi connectivity index (χ0n) is 22.6. The highest BCUT2D eigenvalue weighted by Crippen LogP contribution is 2.60. The first-order valence-corrected chi connectivity index (χ1v) is 16.0. The highest BCUT2D eigenvalue weighted by molar-refractivity contribution is 7.93. The summed E-state index contributed by atoms with van der Waals surface area (Å²) in [5, 5.41) is 20.3. The van der Waals surface area contributed by atoms with Crippen LogP contribution in [0, 0.1) is 33.9 Å². The Balaban J connectivity index is 1.34. The van der Waals surface area contributed by atoms with Crippen molar-refractivity contribution in [3.05, 3.63) is 65.8 Å². The molecule has 4 saturated carbocycles. The molecule has 37 heavy (non-hydrogen) atoms. The molecule has 1 unspecified atom stereocenters. The van der Waals surface area contributed by atoms with E-state index >= 15 is 0 Å². The molecule has 4 nitrogen and oxygen atoms in total. The molecule has 4 aliphatic rings. The van der Waals surface area contributed by atoms with E-state index in [0.717, 1.165) is 36.8 Å². The number of aliphatic hydroxyl groups excluding tert-OH is 2. The predicted molar refractivity (Wildman–Crippen MR) is 151 cm³/mol. The molecule has 3 N–H and O–H groups in total. The molecule has 0 radical (unpaired) electrons. The quantitative estimate of drug-likeness (QED) is 0.359. The normalized spacial score (nSPS) is 37.8. The lowest BCUT2D eigenvalue weighted by atomic mass is 9.60. The third-order valence-corrected chi connectivity index (χ3v) is 12.7. The Labute approximate surface area is 223 Å². The Kier molecular flexibility index (Phi) is 7.61. The molecule has 0 amide bonds. The molecule has 0 bridgehead atoms. The smallest absolute Gasteiger partial charge is 0.0811 e. The summed E-state index contributed by atoms with van der Waals surface area (Å²) in [6, 6.07) is 9.53. The van der Waals surface area contributed by atoms with Crippen LogP contribution in [0.3, 0.4) is 0 Å². The topological polar surface area (TPSA) is 81.4 Å². The molecule has 0 saturated heterocycles. The average molecular weight is 524 g/mol. The van der Waals surface area contributed by atoms with Crippen LogP contribution < -0.4 is 0 Å². The van der Waals surface area contributed by atoms with Crippen molar-refractivity contribution in [2.45, 2.75) is 100 Å². The average Bonchev–Trinajstić information content (AvgIpc) is 3.64. The Morgan fingerprint density at radius 2 is 1.89 bits per heavy atom. The first-order valence-electron chi connectivity index (χ1n) is 14.4. The fourth-order valence-electron chi connectivity index (χ4n) is 8.07. The Morgan fingerprint density at radius 1 is 1.16 bits per heavy atom. The van der Waals surface area contributed by atoms with Gasteiger partial charge in [-0.3, -0.25) is 0 Å². The van der Waals surface area contributed by atoms with Crippen molar-refractivity contribution in [3.8, 4) is 0 Å².